The summed E-state index contributed by atoms with van der Waals surface area (Å²) < 4.78 is 5.18. The Morgan fingerprint density at radius 2 is 1.67 bits per heavy atom. The van der Waals surface area contributed by atoms with Crippen molar-refractivity contribution >= 4 is 35.8 Å². The lowest BCUT2D eigenvalue weighted by Gasteiger charge is -2.16. The molecule has 1 aliphatic rings. The van der Waals surface area contributed by atoms with Gasteiger partial charge in [-0.05, 0) is 41.7 Å². The van der Waals surface area contributed by atoms with Crippen LogP contribution in [0.1, 0.15) is 29.5 Å². The zero-order valence-electron chi connectivity index (χ0n) is 17.7. The van der Waals surface area contributed by atoms with Crippen LogP contribution in [0.25, 0.3) is 0 Å². The van der Waals surface area contributed by atoms with Gasteiger partial charge in [-0.15, -0.1) is 24.0 Å². The first kappa shape index (κ1) is 24.0. The van der Waals surface area contributed by atoms with Crippen molar-refractivity contribution in [2.45, 2.75) is 32.4 Å². The Labute approximate surface area is 196 Å². The van der Waals surface area contributed by atoms with E-state index in [-0.39, 0.29) is 29.9 Å². The fraction of sp³-hybridized carbons (Fsp3) is 0.391. The number of rotatable bonds is 8. The predicted molar refractivity (Wildman–Crippen MR) is 131 cm³/mol. The number of nitrogens with one attached hydrogen (secondary N) is 2. The summed E-state index contributed by atoms with van der Waals surface area (Å²) in [5.41, 5.74) is 3.77. The lowest BCUT2D eigenvalue weighted by atomic mass is 10.1. The highest BCUT2D eigenvalue weighted by Crippen LogP contribution is 2.22. The molecule has 0 aliphatic carbocycles. The van der Waals surface area contributed by atoms with Gasteiger partial charge < -0.3 is 20.3 Å². The number of aliphatic imine (C=N–C) groups is 1. The molecule has 162 valence electrons. The van der Waals surface area contributed by atoms with Gasteiger partial charge in [-0.25, -0.2) is 0 Å². The molecule has 0 radical (unpaired) electrons. The standard InChI is InChI=1S/C23H30N4O2.HI/c1-24-23(26-15-13-18-9-11-21(29-2)12-10-18)25-14-5-8-22(28)27-16-19-6-3-4-7-20(19)17-27;/h3-4,6-7,9-12H,5,8,13-17H2,1-2H3,(H2,24,25,26);1H. The van der Waals surface area contributed by atoms with Crippen LogP contribution in [0.3, 0.4) is 0 Å². The number of methoxy groups -OCH3 is 1. The monoisotopic (exact) mass is 522 g/mol. The molecule has 0 saturated heterocycles. The van der Waals surface area contributed by atoms with Gasteiger partial charge >= 0.3 is 0 Å². The molecular weight excluding hydrogens is 491 g/mol. The van der Waals surface area contributed by atoms with Gasteiger partial charge in [0.15, 0.2) is 5.96 Å². The van der Waals surface area contributed by atoms with Gasteiger partial charge in [0.25, 0.3) is 0 Å². The molecule has 2 aromatic rings. The van der Waals surface area contributed by atoms with E-state index in [0.717, 1.165) is 50.7 Å². The van der Waals surface area contributed by atoms with E-state index in [4.69, 9.17) is 4.74 Å². The third-order valence-electron chi connectivity index (χ3n) is 5.14. The highest BCUT2D eigenvalue weighted by molar-refractivity contribution is 14.0. The first-order valence-corrected chi connectivity index (χ1v) is 10.1. The van der Waals surface area contributed by atoms with Crippen molar-refractivity contribution in [2.75, 3.05) is 27.2 Å². The minimum atomic E-state index is 0. The summed E-state index contributed by atoms with van der Waals surface area (Å²) in [4.78, 5) is 18.6. The van der Waals surface area contributed by atoms with Crippen LogP contribution < -0.4 is 15.4 Å². The van der Waals surface area contributed by atoms with Crippen molar-refractivity contribution in [1.82, 2.24) is 15.5 Å². The maximum atomic E-state index is 12.4. The molecule has 7 heteroatoms. The second kappa shape index (κ2) is 12.4. The summed E-state index contributed by atoms with van der Waals surface area (Å²) in [5.74, 6) is 1.84. The van der Waals surface area contributed by atoms with Crippen molar-refractivity contribution in [1.29, 1.82) is 0 Å². The molecule has 1 heterocycles. The van der Waals surface area contributed by atoms with E-state index in [2.05, 4.69) is 39.9 Å². The smallest absolute Gasteiger partial charge is 0.223 e. The van der Waals surface area contributed by atoms with Gasteiger partial charge in [0.05, 0.1) is 7.11 Å². The van der Waals surface area contributed by atoms with Crippen LogP contribution in [0, 0.1) is 0 Å². The van der Waals surface area contributed by atoms with E-state index in [9.17, 15) is 4.79 Å². The van der Waals surface area contributed by atoms with Crippen LogP contribution in [-0.4, -0.2) is 44.0 Å². The molecule has 0 bridgehead atoms. The SMILES string of the molecule is CN=C(NCCCC(=O)N1Cc2ccccc2C1)NCCc1ccc(OC)cc1.I. The maximum absolute atomic E-state index is 12.4. The summed E-state index contributed by atoms with van der Waals surface area (Å²) in [6.07, 6.45) is 2.23. The number of amides is 1. The summed E-state index contributed by atoms with van der Waals surface area (Å²) in [6.45, 7) is 2.97. The van der Waals surface area contributed by atoms with Crippen molar-refractivity contribution in [3.8, 4) is 5.75 Å². The highest BCUT2D eigenvalue weighted by Gasteiger charge is 2.22. The summed E-state index contributed by atoms with van der Waals surface area (Å²) >= 11 is 0. The van der Waals surface area contributed by atoms with Gasteiger partial charge in [-0.3, -0.25) is 9.79 Å². The molecule has 0 spiro atoms. The second-order valence-corrected chi connectivity index (χ2v) is 7.15. The molecule has 0 atom stereocenters. The molecule has 0 aromatic heterocycles. The van der Waals surface area contributed by atoms with E-state index in [0.29, 0.717) is 6.42 Å². The Hall–Kier alpha value is -2.29. The zero-order chi connectivity index (χ0) is 20.5. The molecule has 2 aromatic carbocycles. The zero-order valence-corrected chi connectivity index (χ0v) is 20.0. The number of halogens is 1. The van der Waals surface area contributed by atoms with Gasteiger partial charge in [0.2, 0.25) is 5.91 Å². The molecule has 2 N–H and O–H groups in total. The summed E-state index contributed by atoms with van der Waals surface area (Å²) in [5, 5.41) is 6.60. The number of guanidine groups is 1. The van der Waals surface area contributed by atoms with Gasteiger partial charge in [-0.1, -0.05) is 36.4 Å². The van der Waals surface area contributed by atoms with E-state index >= 15 is 0 Å². The number of ether oxygens (including phenoxy) is 1. The number of benzene rings is 2. The largest absolute Gasteiger partial charge is 0.497 e. The summed E-state index contributed by atoms with van der Waals surface area (Å²) in [6, 6.07) is 16.3. The molecule has 1 aliphatic heterocycles. The minimum absolute atomic E-state index is 0. The highest BCUT2D eigenvalue weighted by atomic mass is 127. The third-order valence-corrected chi connectivity index (χ3v) is 5.14. The Morgan fingerprint density at radius 3 is 2.27 bits per heavy atom. The van der Waals surface area contributed by atoms with E-state index in [1.54, 1.807) is 14.2 Å². The van der Waals surface area contributed by atoms with Crippen molar-refractivity contribution < 1.29 is 9.53 Å². The van der Waals surface area contributed by atoms with Crippen LogP contribution in [0.15, 0.2) is 53.5 Å². The normalized spacial score (nSPS) is 12.7. The van der Waals surface area contributed by atoms with E-state index in [1.165, 1.54) is 16.7 Å². The van der Waals surface area contributed by atoms with E-state index < -0.39 is 0 Å². The van der Waals surface area contributed by atoms with Gasteiger partial charge in [0.1, 0.15) is 5.75 Å². The Kier molecular flexibility index (Phi) is 9.93. The van der Waals surface area contributed by atoms with Crippen molar-refractivity contribution in [3.05, 3.63) is 65.2 Å². The van der Waals surface area contributed by atoms with Crippen molar-refractivity contribution in [2.24, 2.45) is 4.99 Å². The fourth-order valence-corrected chi connectivity index (χ4v) is 3.45. The number of fused-ring (bicyclic) bond motifs is 1. The Morgan fingerprint density at radius 1 is 1.03 bits per heavy atom. The van der Waals surface area contributed by atoms with Crippen LogP contribution >= 0.6 is 24.0 Å². The second-order valence-electron chi connectivity index (χ2n) is 7.15. The van der Waals surface area contributed by atoms with Gasteiger partial charge in [0, 0.05) is 39.6 Å². The number of carbonyl (C=O) groups excluding carboxylic acids is 1. The molecule has 1 amide bonds. The van der Waals surface area contributed by atoms with E-state index in [1.807, 2.05) is 29.2 Å². The Balaban J connectivity index is 0.00000320. The Bertz CT molecular complexity index is 814. The third kappa shape index (κ3) is 6.90. The average molecular weight is 522 g/mol. The first-order chi connectivity index (χ1) is 14.2. The maximum Gasteiger partial charge on any atom is 0.223 e. The topological polar surface area (TPSA) is 66.0 Å². The molecule has 0 fully saturated rings. The first-order valence-electron chi connectivity index (χ1n) is 10.1. The molecule has 0 unspecified atom stereocenters. The molecule has 3 rings (SSSR count). The van der Waals surface area contributed by atoms with Crippen LogP contribution in [-0.2, 0) is 24.3 Å². The number of hydrogen-bond acceptors (Lipinski definition) is 3. The van der Waals surface area contributed by atoms with Crippen molar-refractivity contribution in [3.63, 3.8) is 0 Å². The quantitative estimate of drug-likeness (QED) is 0.242. The van der Waals surface area contributed by atoms with Gasteiger partial charge in [-0.2, -0.15) is 0 Å². The lowest BCUT2D eigenvalue weighted by Crippen LogP contribution is -2.39. The number of hydrogen-bond donors (Lipinski definition) is 2. The predicted octanol–water partition coefficient (Wildman–Crippen LogP) is 3.34. The number of nitrogens with zero attached hydrogens (tertiary/aromatic N) is 2. The average Bonchev–Trinajstić information content (AvgIpc) is 3.20. The molecular formula is C23H31IN4O2. The molecule has 0 saturated carbocycles. The molecule has 6 nitrogen and oxygen atoms in total. The van der Waals surface area contributed by atoms with Crippen LogP contribution in [0.2, 0.25) is 0 Å². The lowest BCUT2D eigenvalue weighted by molar-refractivity contribution is -0.131. The minimum Gasteiger partial charge on any atom is -0.497 e. The summed E-state index contributed by atoms with van der Waals surface area (Å²) in [7, 11) is 3.43. The van der Waals surface area contributed by atoms with Crippen LogP contribution in [0.4, 0.5) is 0 Å². The molecule has 30 heavy (non-hydrogen) atoms. The number of carbonyl (C=O) groups is 1. The fourth-order valence-electron chi connectivity index (χ4n) is 3.45. The van der Waals surface area contributed by atoms with Crippen LogP contribution in [0.5, 0.6) is 5.75 Å².